The third-order valence-electron chi connectivity index (χ3n) is 4.34. The summed E-state index contributed by atoms with van der Waals surface area (Å²) < 4.78 is 6.56. The number of rotatable bonds is 2. The second-order valence-corrected chi connectivity index (χ2v) is 5.71. The highest BCUT2D eigenvalue weighted by atomic mass is 16.5. The fraction of sp³-hybridized carbons (Fsp3) is 0.0476. The zero-order valence-electron chi connectivity index (χ0n) is 13.6. The molecule has 1 heterocycles. The molecule has 0 amide bonds. The highest BCUT2D eigenvalue weighted by Crippen LogP contribution is 2.23. The zero-order valence-corrected chi connectivity index (χ0v) is 13.6. The molecule has 0 atom stereocenters. The van der Waals surface area contributed by atoms with Crippen LogP contribution in [-0.4, -0.2) is 11.7 Å². The monoisotopic (exact) mass is 329 g/mol. The Bertz CT molecular complexity index is 1150. The van der Waals surface area contributed by atoms with Gasteiger partial charge in [-0.15, -0.1) is 0 Å². The van der Waals surface area contributed by atoms with E-state index < -0.39 is 0 Å². The molecule has 25 heavy (non-hydrogen) atoms. The van der Waals surface area contributed by atoms with Gasteiger partial charge in [0.2, 0.25) is 0 Å². The van der Waals surface area contributed by atoms with Crippen molar-refractivity contribution in [3.63, 3.8) is 0 Å². The van der Waals surface area contributed by atoms with Crippen LogP contribution >= 0.6 is 0 Å². The van der Waals surface area contributed by atoms with Crippen LogP contribution in [0.4, 0.5) is 0 Å². The number of methoxy groups -OCH3 is 1. The number of fused-ring (bicyclic) bond motifs is 3. The summed E-state index contributed by atoms with van der Waals surface area (Å²) in [6.45, 7) is 0. The molecule has 4 rings (SSSR count). The van der Waals surface area contributed by atoms with Crippen LogP contribution < -0.4 is 15.9 Å². The van der Waals surface area contributed by atoms with Gasteiger partial charge < -0.3 is 4.74 Å². The van der Waals surface area contributed by atoms with Crippen molar-refractivity contribution >= 4 is 21.5 Å². The van der Waals surface area contributed by atoms with Gasteiger partial charge in [0.1, 0.15) is 5.75 Å². The first kappa shape index (κ1) is 15.1. The Labute approximate surface area is 143 Å². The van der Waals surface area contributed by atoms with Gasteiger partial charge in [-0.05, 0) is 35.0 Å². The molecule has 0 fully saturated rings. The molecule has 0 aliphatic rings. The van der Waals surface area contributed by atoms with E-state index >= 15 is 0 Å². The van der Waals surface area contributed by atoms with Crippen LogP contribution in [0.3, 0.4) is 0 Å². The van der Waals surface area contributed by atoms with Gasteiger partial charge in [0.15, 0.2) is 0 Å². The normalized spacial score (nSPS) is 10.9. The number of para-hydroxylation sites is 2. The molecule has 0 saturated carbocycles. The second kappa shape index (κ2) is 5.91. The first-order chi connectivity index (χ1) is 12.2. The molecule has 0 bridgehead atoms. The van der Waals surface area contributed by atoms with Gasteiger partial charge in [-0.1, -0.05) is 48.5 Å². The van der Waals surface area contributed by atoms with E-state index in [1.54, 1.807) is 48.5 Å². The van der Waals surface area contributed by atoms with Crippen LogP contribution in [0.25, 0.3) is 27.2 Å². The van der Waals surface area contributed by atoms with Gasteiger partial charge in [-0.25, -0.2) is 4.57 Å². The minimum atomic E-state index is -0.360. The van der Waals surface area contributed by atoms with Gasteiger partial charge in [0.05, 0.1) is 12.8 Å². The summed E-state index contributed by atoms with van der Waals surface area (Å²) in [7, 11) is 1.52. The lowest BCUT2D eigenvalue weighted by Crippen LogP contribution is -2.28. The van der Waals surface area contributed by atoms with Crippen molar-refractivity contribution < 1.29 is 4.74 Å². The number of aromatic nitrogens is 1. The van der Waals surface area contributed by atoms with Crippen molar-refractivity contribution in [2.24, 2.45) is 0 Å². The highest BCUT2D eigenvalue weighted by molar-refractivity contribution is 6.05. The Hall–Kier alpha value is -3.40. The molecule has 4 heteroatoms. The van der Waals surface area contributed by atoms with Crippen LogP contribution in [0, 0.1) is 0 Å². The molecule has 0 saturated heterocycles. The molecule has 0 spiro atoms. The van der Waals surface area contributed by atoms with E-state index in [1.807, 2.05) is 24.3 Å². The van der Waals surface area contributed by atoms with Crippen molar-refractivity contribution in [2.45, 2.75) is 0 Å². The molecule has 4 nitrogen and oxygen atoms in total. The molecule has 1 aromatic heterocycles. The molecule has 4 aromatic rings. The van der Waals surface area contributed by atoms with E-state index in [9.17, 15) is 9.59 Å². The highest BCUT2D eigenvalue weighted by Gasteiger charge is 2.14. The number of nitrogens with zero attached hydrogens (tertiary/aromatic N) is 1. The topological polar surface area (TPSA) is 48.3 Å². The van der Waals surface area contributed by atoms with Gasteiger partial charge in [-0.2, -0.15) is 0 Å². The van der Waals surface area contributed by atoms with E-state index in [0.29, 0.717) is 22.2 Å². The number of ether oxygens (including phenoxy) is 1. The van der Waals surface area contributed by atoms with Crippen molar-refractivity contribution in [3.8, 4) is 11.4 Å². The second-order valence-electron chi connectivity index (χ2n) is 5.71. The van der Waals surface area contributed by atoms with Crippen LogP contribution in [0.5, 0.6) is 5.75 Å². The fourth-order valence-corrected chi connectivity index (χ4v) is 3.18. The molecule has 0 N–H and O–H groups in total. The molecule has 3 aromatic carbocycles. The van der Waals surface area contributed by atoms with Crippen LogP contribution in [0.15, 0.2) is 82.4 Å². The quantitative estimate of drug-likeness (QED) is 0.565. The van der Waals surface area contributed by atoms with Crippen molar-refractivity contribution in [1.29, 1.82) is 0 Å². The average Bonchev–Trinajstić information content (AvgIpc) is 2.76. The summed E-state index contributed by atoms with van der Waals surface area (Å²) in [6, 6.07) is 21.6. The maximum Gasteiger partial charge on any atom is 0.266 e. The van der Waals surface area contributed by atoms with Gasteiger partial charge >= 0.3 is 0 Å². The first-order valence-electron chi connectivity index (χ1n) is 7.92. The maximum absolute atomic E-state index is 13.2. The summed E-state index contributed by atoms with van der Waals surface area (Å²) in [5.41, 5.74) is -0.283. The van der Waals surface area contributed by atoms with Crippen LogP contribution in [0.1, 0.15) is 0 Å². The van der Waals surface area contributed by atoms with Gasteiger partial charge in [-0.3, -0.25) is 9.59 Å². The average molecular weight is 329 g/mol. The zero-order chi connectivity index (χ0) is 17.4. The minimum absolute atomic E-state index is 0.360. The summed E-state index contributed by atoms with van der Waals surface area (Å²) in [6.07, 6.45) is 0. The van der Waals surface area contributed by atoms with E-state index in [2.05, 4.69) is 0 Å². The lowest BCUT2D eigenvalue weighted by Gasteiger charge is -2.08. The fourth-order valence-electron chi connectivity index (χ4n) is 3.18. The number of hydrogen-bond acceptors (Lipinski definition) is 3. The first-order valence-corrected chi connectivity index (χ1v) is 7.92. The van der Waals surface area contributed by atoms with Gasteiger partial charge in [0, 0.05) is 10.8 Å². The lowest BCUT2D eigenvalue weighted by atomic mass is 10.1. The third-order valence-corrected chi connectivity index (χ3v) is 4.34. The lowest BCUT2D eigenvalue weighted by molar-refractivity contribution is 0.412. The van der Waals surface area contributed by atoms with Gasteiger partial charge in [0.25, 0.3) is 11.1 Å². The molecule has 0 aliphatic carbocycles. The smallest absolute Gasteiger partial charge is 0.266 e. The minimum Gasteiger partial charge on any atom is -0.495 e. The Morgan fingerprint density at radius 2 is 1.08 bits per heavy atom. The Kier molecular flexibility index (Phi) is 3.58. The van der Waals surface area contributed by atoms with E-state index in [4.69, 9.17) is 4.74 Å². The van der Waals surface area contributed by atoms with Crippen LogP contribution in [-0.2, 0) is 0 Å². The standard InChI is InChI=1S/C21H15NO3/c1-25-19-13-7-6-12-18(19)22-20(23)16-10-4-2-8-14(16)15-9-3-5-11-17(15)21(22)24/h2-13H,1H3. The van der Waals surface area contributed by atoms with E-state index in [0.717, 1.165) is 10.8 Å². The molecular formula is C21H15NO3. The van der Waals surface area contributed by atoms with Crippen molar-refractivity contribution in [2.75, 3.05) is 7.11 Å². The predicted octanol–water partition coefficient (Wildman–Crippen LogP) is 3.51. The molecule has 0 radical (unpaired) electrons. The maximum atomic E-state index is 13.2. The van der Waals surface area contributed by atoms with Crippen molar-refractivity contribution in [1.82, 2.24) is 4.57 Å². The summed E-state index contributed by atoms with van der Waals surface area (Å²) in [5, 5.41) is 2.50. The Morgan fingerprint density at radius 3 is 1.60 bits per heavy atom. The number of hydrogen-bond donors (Lipinski definition) is 0. The molecular weight excluding hydrogens is 314 g/mol. The third kappa shape index (κ3) is 2.31. The van der Waals surface area contributed by atoms with Crippen LogP contribution in [0.2, 0.25) is 0 Å². The largest absolute Gasteiger partial charge is 0.495 e. The Morgan fingerprint density at radius 1 is 0.640 bits per heavy atom. The molecule has 0 aliphatic heterocycles. The Balaban J connectivity index is 2.34. The number of benzene rings is 3. The molecule has 0 unspecified atom stereocenters. The predicted molar refractivity (Wildman–Crippen MR) is 99.9 cm³/mol. The summed E-state index contributed by atoms with van der Waals surface area (Å²) in [5.74, 6) is 0.473. The van der Waals surface area contributed by atoms with E-state index in [1.165, 1.54) is 11.7 Å². The summed E-state index contributed by atoms with van der Waals surface area (Å²) >= 11 is 0. The molecule has 122 valence electrons. The summed E-state index contributed by atoms with van der Waals surface area (Å²) in [4.78, 5) is 26.5. The van der Waals surface area contributed by atoms with E-state index in [-0.39, 0.29) is 11.1 Å². The SMILES string of the molecule is COc1ccccc1-n1c(=O)c2ccccc2c2ccccc2c1=O. The van der Waals surface area contributed by atoms with Crippen molar-refractivity contribution in [3.05, 3.63) is 93.5 Å².